The Kier molecular flexibility index (Phi) is 3.52. The van der Waals surface area contributed by atoms with E-state index in [-0.39, 0.29) is 5.56 Å². The van der Waals surface area contributed by atoms with Crippen LogP contribution in [0.3, 0.4) is 0 Å². The van der Waals surface area contributed by atoms with Crippen molar-refractivity contribution in [1.82, 2.24) is 9.97 Å². The predicted octanol–water partition coefficient (Wildman–Crippen LogP) is 1.58. The standard InChI is InChI=1S/C13H13N3O2/c1-2-9-5-3-4-6-11(9)16-13(18)10-7-14-8-15-12(10)17/h3-8H,2H2,1H3,(H,16,18)(H,14,15,17). The number of carbonyl (C=O) groups is 1. The Morgan fingerprint density at radius 1 is 1.39 bits per heavy atom. The van der Waals surface area contributed by atoms with Gasteiger partial charge in [-0.3, -0.25) is 9.59 Å². The highest BCUT2D eigenvalue weighted by Crippen LogP contribution is 2.15. The SMILES string of the molecule is CCc1ccccc1NC(=O)c1cnc[nH]c1=O. The number of hydrogen-bond donors (Lipinski definition) is 2. The molecule has 0 saturated heterocycles. The Bertz CT molecular complexity index is 619. The highest BCUT2D eigenvalue weighted by Gasteiger charge is 2.11. The van der Waals surface area contributed by atoms with Crippen LogP contribution in [0, 0.1) is 0 Å². The molecule has 0 spiro atoms. The fourth-order valence-corrected chi connectivity index (χ4v) is 1.65. The molecule has 2 aromatic rings. The van der Waals surface area contributed by atoms with Crippen LogP contribution in [0.2, 0.25) is 0 Å². The van der Waals surface area contributed by atoms with Gasteiger partial charge in [0.1, 0.15) is 5.56 Å². The van der Waals surface area contributed by atoms with Gasteiger partial charge in [-0.2, -0.15) is 0 Å². The summed E-state index contributed by atoms with van der Waals surface area (Å²) < 4.78 is 0. The molecule has 2 rings (SSSR count). The third kappa shape index (κ3) is 2.45. The van der Waals surface area contributed by atoms with Crippen molar-refractivity contribution < 1.29 is 4.79 Å². The summed E-state index contributed by atoms with van der Waals surface area (Å²) in [6, 6.07) is 7.48. The fourth-order valence-electron chi connectivity index (χ4n) is 1.65. The number of amides is 1. The van der Waals surface area contributed by atoms with Crippen molar-refractivity contribution in [3.8, 4) is 0 Å². The summed E-state index contributed by atoms with van der Waals surface area (Å²) >= 11 is 0. The Balaban J connectivity index is 2.27. The molecular formula is C13H13N3O2. The molecule has 5 heteroatoms. The molecule has 0 aliphatic rings. The van der Waals surface area contributed by atoms with Gasteiger partial charge in [-0.25, -0.2) is 4.98 Å². The summed E-state index contributed by atoms with van der Waals surface area (Å²) in [6.45, 7) is 2.00. The van der Waals surface area contributed by atoms with E-state index in [4.69, 9.17) is 0 Å². The second-order valence-corrected chi connectivity index (χ2v) is 3.76. The monoisotopic (exact) mass is 243 g/mol. The lowest BCUT2D eigenvalue weighted by molar-refractivity contribution is 0.102. The quantitative estimate of drug-likeness (QED) is 0.859. The zero-order chi connectivity index (χ0) is 13.0. The lowest BCUT2D eigenvalue weighted by Crippen LogP contribution is -2.23. The summed E-state index contributed by atoms with van der Waals surface area (Å²) in [5.74, 6) is -0.453. The van der Waals surface area contributed by atoms with Crippen LogP contribution < -0.4 is 10.9 Å². The Labute approximate surface area is 104 Å². The number of aromatic amines is 1. The molecule has 2 N–H and O–H groups in total. The number of benzene rings is 1. The molecule has 0 aliphatic carbocycles. The first kappa shape index (κ1) is 12.0. The second-order valence-electron chi connectivity index (χ2n) is 3.76. The number of nitrogens with zero attached hydrogens (tertiary/aromatic N) is 1. The van der Waals surface area contributed by atoms with Crippen LogP contribution in [0.5, 0.6) is 0 Å². The first-order valence-corrected chi connectivity index (χ1v) is 5.64. The van der Waals surface area contributed by atoms with Crippen LogP contribution in [-0.4, -0.2) is 15.9 Å². The van der Waals surface area contributed by atoms with Crippen molar-refractivity contribution in [1.29, 1.82) is 0 Å². The molecule has 5 nitrogen and oxygen atoms in total. The molecule has 18 heavy (non-hydrogen) atoms. The number of hydrogen-bond acceptors (Lipinski definition) is 3. The van der Waals surface area contributed by atoms with Crippen molar-refractivity contribution in [2.75, 3.05) is 5.32 Å². The minimum atomic E-state index is -0.453. The van der Waals surface area contributed by atoms with Gasteiger partial charge in [0.05, 0.1) is 6.33 Å². The first-order chi connectivity index (χ1) is 8.72. The number of H-pyrrole nitrogens is 1. The summed E-state index contributed by atoms with van der Waals surface area (Å²) in [7, 11) is 0. The Morgan fingerprint density at radius 2 is 2.17 bits per heavy atom. The highest BCUT2D eigenvalue weighted by molar-refractivity contribution is 6.04. The van der Waals surface area contributed by atoms with Crippen LogP contribution >= 0.6 is 0 Å². The Morgan fingerprint density at radius 3 is 2.89 bits per heavy atom. The molecule has 1 aromatic carbocycles. The first-order valence-electron chi connectivity index (χ1n) is 5.64. The number of anilines is 1. The lowest BCUT2D eigenvalue weighted by atomic mass is 10.1. The molecule has 0 saturated carbocycles. The van der Waals surface area contributed by atoms with Crippen molar-refractivity contribution in [2.24, 2.45) is 0 Å². The molecule has 1 heterocycles. The van der Waals surface area contributed by atoms with Crippen molar-refractivity contribution in [2.45, 2.75) is 13.3 Å². The van der Waals surface area contributed by atoms with Crippen LogP contribution in [-0.2, 0) is 6.42 Å². The van der Waals surface area contributed by atoms with Gasteiger partial charge in [0.25, 0.3) is 11.5 Å². The van der Waals surface area contributed by atoms with Gasteiger partial charge in [-0.1, -0.05) is 25.1 Å². The summed E-state index contributed by atoms with van der Waals surface area (Å²) in [4.78, 5) is 29.5. The van der Waals surface area contributed by atoms with Gasteiger partial charge in [-0.15, -0.1) is 0 Å². The smallest absolute Gasteiger partial charge is 0.263 e. The summed E-state index contributed by atoms with van der Waals surface area (Å²) in [6.07, 6.45) is 3.31. The van der Waals surface area contributed by atoms with Gasteiger partial charge < -0.3 is 10.3 Å². The molecule has 0 atom stereocenters. The van der Waals surface area contributed by atoms with Crippen molar-refractivity contribution in [3.05, 3.63) is 58.3 Å². The van der Waals surface area contributed by atoms with E-state index in [1.54, 1.807) is 6.07 Å². The van der Waals surface area contributed by atoms with Gasteiger partial charge in [0.15, 0.2) is 0 Å². The zero-order valence-corrected chi connectivity index (χ0v) is 9.93. The van der Waals surface area contributed by atoms with Gasteiger partial charge in [0, 0.05) is 11.9 Å². The summed E-state index contributed by atoms with van der Waals surface area (Å²) in [5.41, 5.74) is 1.29. The molecule has 92 valence electrons. The molecule has 0 bridgehead atoms. The van der Waals surface area contributed by atoms with Crippen molar-refractivity contribution >= 4 is 11.6 Å². The van der Waals surface area contributed by atoms with E-state index < -0.39 is 11.5 Å². The number of carbonyl (C=O) groups excluding carboxylic acids is 1. The largest absolute Gasteiger partial charge is 0.322 e. The number of rotatable bonds is 3. The fraction of sp³-hybridized carbons (Fsp3) is 0.154. The van der Waals surface area contributed by atoms with E-state index in [9.17, 15) is 9.59 Å². The van der Waals surface area contributed by atoms with Crippen LogP contribution in [0.15, 0.2) is 41.6 Å². The summed E-state index contributed by atoms with van der Waals surface area (Å²) in [5, 5.41) is 2.72. The molecule has 0 unspecified atom stereocenters. The van der Waals surface area contributed by atoms with Gasteiger partial charge in [-0.05, 0) is 18.1 Å². The number of para-hydroxylation sites is 1. The average Bonchev–Trinajstić information content (AvgIpc) is 2.39. The van der Waals surface area contributed by atoms with E-state index in [0.717, 1.165) is 12.0 Å². The number of nitrogens with one attached hydrogen (secondary N) is 2. The van der Waals surface area contributed by atoms with Crippen molar-refractivity contribution in [3.63, 3.8) is 0 Å². The normalized spacial score (nSPS) is 10.1. The third-order valence-electron chi connectivity index (χ3n) is 2.61. The third-order valence-corrected chi connectivity index (χ3v) is 2.61. The van der Waals surface area contributed by atoms with E-state index in [0.29, 0.717) is 5.69 Å². The van der Waals surface area contributed by atoms with Gasteiger partial charge in [0.2, 0.25) is 0 Å². The maximum Gasteiger partial charge on any atom is 0.263 e. The number of aryl methyl sites for hydroxylation is 1. The minimum Gasteiger partial charge on any atom is -0.322 e. The Hall–Kier alpha value is -2.43. The molecule has 0 radical (unpaired) electrons. The maximum absolute atomic E-state index is 11.9. The number of aromatic nitrogens is 2. The van der Waals surface area contributed by atoms with Crippen LogP contribution in [0.1, 0.15) is 22.8 Å². The molecule has 1 amide bonds. The lowest BCUT2D eigenvalue weighted by Gasteiger charge is -2.08. The zero-order valence-electron chi connectivity index (χ0n) is 9.93. The van der Waals surface area contributed by atoms with E-state index in [2.05, 4.69) is 15.3 Å². The topological polar surface area (TPSA) is 74.8 Å². The maximum atomic E-state index is 11.9. The van der Waals surface area contributed by atoms with Crippen LogP contribution in [0.25, 0.3) is 0 Å². The molecular weight excluding hydrogens is 230 g/mol. The van der Waals surface area contributed by atoms with Gasteiger partial charge >= 0.3 is 0 Å². The second kappa shape index (κ2) is 5.27. The molecule has 0 fully saturated rings. The molecule has 1 aromatic heterocycles. The molecule has 0 aliphatic heterocycles. The highest BCUT2D eigenvalue weighted by atomic mass is 16.2. The average molecular weight is 243 g/mol. The minimum absolute atomic E-state index is 0.00315. The van der Waals surface area contributed by atoms with Crippen LogP contribution in [0.4, 0.5) is 5.69 Å². The van der Waals surface area contributed by atoms with E-state index in [1.165, 1.54) is 12.5 Å². The van der Waals surface area contributed by atoms with E-state index >= 15 is 0 Å². The predicted molar refractivity (Wildman–Crippen MR) is 68.6 cm³/mol. The van der Waals surface area contributed by atoms with E-state index in [1.807, 2.05) is 25.1 Å².